The predicted octanol–water partition coefficient (Wildman–Crippen LogP) is 2.19. The van der Waals surface area contributed by atoms with Crippen molar-refractivity contribution in [3.8, 4) is 0 Å². The van der Waals surface area contributed by atoms with Crippen LogP contribution >= 0.6 is 0 Å². The van der Waals surface area contributed by atoms with Gasteiger partial charge in [-0.05, 0) is 37.9 Å². The first kappa shape index (κ1) is 16.0. The van der Waals surface area contributed by atoms with Crippen LogP contribution in [0.3, 0.4) is 0 Å². The van der Waals surface area contributed by atoms with Crippen molar-refractivity contribution in [3.05, 3.63) is 35.4 Å². The summed E-state index contributed by atoms with van der Waals surface area (Å²) in [6, 6.07) is 8.32. The molecule has 1 aliphatic rings. The smallest absolute Gasteiger partial charge is 0.227 e. The molecule has 1 heterocycles. The van der Waals surface area contributed by atoms with Crippen LogP contribution in [0.2, 0.25) is 0 Å². The number of carbonyl (C=O) groups excluding carboxylic acids is 1. The predicted molar refractivity (Wildman–Crippen MR) is 84.1 cm³/mol. The molecule has 1 amide bonds. The Morgan fingerprint density at radius 3 is 2.86 bits per heavy atom. The summed E-state index contributed by atoms with van der Waals surface area (Å²) in [5.41, 5.74) is 2.37. The van der Waals surface area contributed by atoms with E-state index >= 15 is 0 Å². The maximum Gasteiger partial charge on any atom is 0.227 e. The van der Waals surface area contributed by atoms with E-state index in [0.717, 1.165) is 13.0 Å². The third kappa shape index (κ3) is 4.05. The largest absolute Gasteiger partial charge is 0.379 e. The van der Waals surface area contributed by atoms with Gasteiger partial charge in [0.15, 0.2) is 0 Å². The van der Waals surface area contributed by atoms with Gasteiger partial charge in [0.1, 0.15) is 0 Å². The van der Waals surface area contributed by atoms with Gasteiger partial charge in [0, 0.05) is 6.04 Å². The van der Waals surface area contributed by atoms with E-state index in [4.69, 9.17) is 4.74 Å². The maximum absolute atomic E-state index is 12.5. The van der Waals surface area contributed by atoms with Gasteiger partial charge in [0.05, 0.1) is 25.2 Å². The molecule has 116 valence electrons. The highest BCUT2D eigenvalue weighted by Crippen LogP contribution is 2.19. The molecule has 2 unspecified atom stereocenters. The zero-order chi connectivity index (χ0) is 15.2. The van der Waals surface area contributed by atoms with Gasteiger partial charge in [0.2, 0.25) is 5.91 Å². The normalized spacial score (nSPS) is 23.0. The molecule has 0 saturated carbocycles. The minimum absolute atomic E-state index is 0.0196. The van der Waals surface area contributed by atoms with Crippen molar-refractivity contribution in [2.75, 3.05) is 19.8 Å². The van der Waals surface area contributed by atoms with Crippen molar-refractivity contribution in [3.63, 3.8) is 0 Å². The number of carbonyl (C=O) groups is 1. The molecule has 1 aliphatic heterocycles. The Balaban J connectivity index is 1.96. The Kier molecular flexibility index (Phi) is 5.76. The number of benzene rings is 1. The summed E-state index contributed by atoms with van der Waals surface area (Å²) < 4.78 is 5.48. The van der Waals surface area contributed by atoms with E-state index in [1.807, 2.05) is 19.1 Å². The van der Waals surface area contributed by atoms with Gasteiger partial charge < -0.3 is 15.4 Å². The average Bonchev–Trinajstić information content (AvgIpc) is 2.93. The lowest BCUT2D eigenvalue weighted by Crippen LogP contribution is -2.44. The van der Waals surface area contributed by atoms with E-state index in [-0.39, 0.29) is 23.9 Å². The van der Waals surface area contributed by atoms with E-state index in [2.05, 4.69) is 36.6 Å². The van der Waals surface area contributed by atoms with Crippen molar-refractivity contribution in [1.29, 1.82) is 0 Å². The fourth-order valence-electron chi connectivity index (χ4n) is 2.81. The molecule has 2 rings (SSSR count). The monoisotopic (exact) mass is 290 g/mol. The van der Waals surface area contributed by atoms with Crippen LogP contribution in [0, 0.1) is 12.8 Å². The molecule has 3 atom stereocenters. The first-order valence-electron chi connectivity index (χ1n) is 7.80. The van der Waals surface area contributed by atoms with Crippen LogP contribution in [0.15, 0.2) is 24.3 Å². The van der Waals surface area contributed by atoms with Gasteiger partial charge in [0.25, 0.3) is 0 Å². The van der Waals surface area contributed by atoms with Gasteiger partial charge in [-0.25, -0.2) is 0 Å². The fourth-order valence-corrected chi connectivity index (χ4v) is 2.81. The molecule has 4 nitrogen and oxygen atoms in total. The highest BCUT2D eigenvalue weighted by atomic mass is 16.5. The Bertz CT molecular complexity index is 476. The zero-order valence-corrected chi connectivity index (χ0v) is 13.2. The van der Waals surface area contributed by atoms with E-state index in [1.165, 1.54) is 11.1 Å². The second-order valence-electron chi connectivity index (χ2n) is 5.79. The number of hydrogen-bond acceptors (Lipinski definition) is 3. The molecule has 2 N–H and O–H groups in total. The fraction of sp³-hybridized carbons (Fsp3) is 0.588. The minimum Gasteiger partial charge on any atom is -0.379 e. The van der Waals surface area contributed by atoms with Crippen molar-refractivity contribution in [1.82, 2.24) is 10.6 Å². The molecule has 1 aromatic rings. The average molecular weight is 290 g/mol. The lowest BCUT2D eigenvalue weighted by Gasteiger charge is -2.22. The van der Waals surface area contributed by atoms with E-state index in [1.54, 1.807) is 0 Å². The SMILES string of the molecule is CCCNC1COCC1C(=O)N[C@H](C)c1ccccc1C. The summed E-state index contributed by atoms with van der Waals surface area (Å²) in [5.74, 6) is -0.0140. The summed E-state index contributed by atoms with van der Waals surface area (Å²) in [6.07, 6.45) is 1.06. The highest BCUT2D eigenvalue weighted by molar-refractivity contribution is 5.80. The van der Waals surface area contributed by atoms with Crippen molar-refractivity contribution >= 4 is 5.91 Å². The number of hydrogen-bond donors (Lipinski definition) is 2. The van der Waals surface area contributed by atoms with Crippen molar-refractivity contribution in [2.24, 2.45) is 5.92 Å². The van der Waals surface area contributed by atoms with Crippen LogP contribution in [-0.2, 0) is 9.53 Å². The molecule has 1 saturated heterocycles. The van der Waals surface area contributed by atoms with E-state index in [0.29, 0.717) is 13.2 Å². The van der Waals surface area contributed by atoms with Gasteiger partial charge >= 0.3 is 0 Å². The quantitative estimate of drug-likeness (QED) is 0.844. The van der Waals surface area contributed by atoms with Gasteiger partial charge in [-0.15, -0.1) is 0 Å². The second-order valence-corrected chi connectivity index (χ2v) is 5.79. The number of amides is 1. The number of ether oxygens (including phenoxy) is 1. The summed E-state index contributed by atoms with van der Waals surface area (Å²) in [6.45, 7) is 8.28. The molecule has 1 fully saturated rings. The van der Waals surface area contributed by atoms with Crippen LogP contribution in [0.25, 0.3) is 0 Å². The first-order valence-corrected chi connectivity index (χ1v) is 7.80. The Hall–Kier alpha value is -1.39. The van der Waals surface area contributed by atoms with Crippen LogP contribution in [-0.4, -0.2) is 31.7 Å². The van der Waals surface area contributed by atoms with Crippen molar-refractivity contribution < 1.29 is 9.53 Å². The van der Waals surface area contributed by atoms with Gasteiger partial charge in [-0.2, -0.15) is 0 Å². The molecule has 0 spiro atoms. The standard InChI is InChI=1S/C17H26N2O2/c1-4-9-18-16-11-21-10-15(16)17(20)19-13(3)14-8-6-5-7-12(14)2/h5-8,13,15-16,18H,4,9-11H2,1-3H3,(H,19,20)/t13-,15?,16?/m1/s1. The van der Waals surface area contributed by atoms with Crippen LogP contribution in [0.1, 0.15) is 37.4 Å². The third-order valence-corrected chi connectivity index (χ3v) is 4.09. The van der Waals surface area contributed by atoms with Gasteiger partial charge in [-0.3, -0.25) is 4.79 Å². The highest BCUT2D eigenvalue weighted by Gasteiger charge is 2.34. The maximum atomic E-state index is 12.5. The zero-order valence-electron chi connectivity index (χ0n) is 13.2. The van der Waals surface area contributed by atoms with Gasteiger partial charge in [-0.1, -0.05) is 31.2 Å². The second kappa shape index (κ2) is 7.57. The van der Waals surface area contributed by atoms with E-state index < -0.39 is 0 Å². The lowest BCUT2D eigenvalue weighted by atomic mass is 9.99. The summed E-state index contributed by atoms with van der Waals surface area (Å²) in [7, 11) is 0. The summed E-state index contributed by atoms with van der Waals surface area (Å²) in [5, 5.41) is 6.53. The molecular weight excluding hydrogens is 264 g/mol. The molecule has 1 aromatic carbocycles. The van der Waals surface area contributed by atoms with Crippen molar-refractivity contribution in [2.45, 2.75) is 39.3 Å². The molecular formula is C17H26N2O2. The molecule has 0 bridgehead atoms. The number of nitrogens with one attached hydrogen (secondary N) is 2. The summed E-state index contributed by atoms with van der Waals surface area (Å²) in [4.78, 5) is 12.5. The minimum atomic E-state index is -0.0944. The molecule has 0 aliphatic carbocycles. The van der Waals surface area contributed by atoms with Crippen LogP contribution < -0.4 is 10.6 Å². The summed E-state index contributed by atoms with van der Waals surface area (Å²) >= 11 is 0. The van der Waals surface area contributed by atoms with E-state index in [9.17, 15) is 4.79 Å². The molecule has 0 radical (unpaired) electrons. The Morgan fingerprint density at radius 1 is 1.38 bits per heavy atom. The first-order chi connectivity index (χ1) is 10.1. The number of rotatable bonds is 6. The number of aryl methyl sites for hydroxylation is 1. The van der Waals surface area contributed by atoms with Crippen LogP contribution in [0.5, 0.6) is 0 Å². The molecule has 4 heteroatoms. The Labute approximate surface area is 127 Å². The topological polar surface area (TPSA) is 50.4 Å². The third-order valence-electron chi connectivity index (χ3n) is 4.09. The lowest BCUT2D eigenvalue weighted by molar-refractivity contribution is -0.126. The van der Waals surface area contributed by atoms with Crippen LogP contribution in [0.4, 0.5) is 0 Å². The molecule has 21 heavy (non-hydrogen) atoms. The Morgan fingerprint density at radius 2 is 2.14 bits per heavy atom. The molecule has 0 aromatic heterocycles.